The predicted octanol–water partition coefficient (Wildman–Crippen LogP) is 6.18. The maximum atomic E-state index is 10.6. The van der Waals surface area contributed by atoms with Crippen molar-refractivity contribution in [3.8, 4) is 0 Å². The third-order valence-corrected chi connectivity index (χ3v) is 8.54. The number of fused-ring (bicyclic) bond motifs is 1. The number of hydrogen-bond acceptors (Lipinski definition) is 6. The topological polar surface area (TPSA) is 52.5 Å². The van der Waals surface area contributed by atoms with Gasteiger partial charge in [0.05, 0.1) is 4.88 Å². The molecule has 4 rings (SSSR count). The van der Waals surface area contributed by atoms with E-state index >= 15 is 0 Å². The Morgan fingerprint density at radius 2 is 1.88 bits per heavy atom. The predicted molar refractivity (Wildman–Crippen MR) is 142 cm³/mol. The van der Waals surface area contributed by atoms with E-state index in [4.69, 9.17) is 4.98 Å². The Kier molecular flexibility index (Phi) is 10.8. The minimum atomic E-state index is -0.554. The number of thiophene rings is 1. The van der Waals surface area contributed by atoms with E-state index < -0.39 is 6.23 Å². The molecule has 1 fully saturated rings. The summed E-state index contributed by atoms with van der Waals surface area (Å²) in [5.74, 6) is 1.26. The Bertz CT molecular complexity index is 849. The fourth-order valence-electron chi connectivity index (χ4n) is 4.49. The Balaban J connectivity index is 0.000000235. The summed E-state index contributed by atoms with van der Waals surface area (Å²) in [5, 5.41) is 12.6. The van der Waals surface area contributed by atoms with Gasteiger partial charge in [0, 0.05) is 47.8 Å². The Hall–Kier alpha value is -0.860. The molecule has 1 aliphatic heterocycles. The maximum Gasteiger partial charge on any atom is 0.143 e. The highest BCUT2D eigenvalue weighted by atomic mass is 79.9. The van der Waals surface area contributed by atoms with Crippen LogP contribution in [0.3, 0.4) is 0 Å². The molecule has 0 spiro atoms. The number of halogens is 1. The number of hydrogen-bond donors (Lipinski definition) is 1. The molecule has 3 heterocycles. The number of aliphatic hydroxyl groups excluding tert-OH is 1. The Morgan fingerprint density at radius 3 is 2.42 bits per heavy atom. The number of aromatic nitrogens is 2. The molecule has 0 aromatic carbocycles. The van der Waals surface area contributed by atoms with Crippen molar-refractivity contribution < 1.29 is 5.11 Å². The van der Waals surface area contributed by atoms with Crippen molar-refractivity contribution in [2.24, 2.45) is 0 Å². The Morgan fingerprint density at radius 1 is 1.18 bits per heavy atom. The standard InChI is InChI=1S/C16H20BrN3OS.C10H21N/c1-10(2)15-18-9-11-3-6-20(7-4-13(11)19-15)16(21)14-12(17)5-8-22-14;1-3-8-11(9-4-2)10-6-5-7-10/h5,8-10,16,21H,3-4,6-7H2,1-2H3;10H,3-9H2,1-2H3. The molecule has 1 N–H and O–H groups in total. The molecule has 0 saturated heterocycles. The highest BCUT2D eigenvalue weighted by molar-refractivity contribution is 9.10. The summed E-state index contributed by atoms with van der Waals surface area (Å²) >= 11 is 5.09. The van der Waals surface area contributed by atoms with Crippen molar-refractivity contribution in [3.63, 3.8) is 0 Å². The second-order valence-electron chi connectivity index (χ2n) is 9.52. The van der Waals surface area contributed by atoms with E-state index in [0.717, 1.165) is 52.8 Å². The molecule has 1 saturated carbocycles. The van der Waals surface area contributed by atoms with Crippen molar-refractivity contribution >= 4 is 27.3 Å². The molecule has 2 aromatic rings. The number of rotatable bonds is 8. The van der Waals surface area contributed by atoms with Gasteiger partial charge in [-0.3, -0.25) is 4.90 Å². The third kappa shape index (κ3) is 7.31. The van der Waals surface area contributed by atoms with E-state index in [9.17, 15) is 5.11 Å². The van der Waals surface area contributed by atoms with E-state index in [-0.39, 0.29) is 0 Å². The molecule has 1 unspecified atom stereocenters. The zero-order valence-electron chi connectivity index (χ0n) is 20.8. The monoisotopic (exact) mass is 536 g/mol. The van der Waals surface area contributed by atoms with E-state index in [2.05, 4.69) is 58.4 Å². The maximum absolute atomic E-state index is 10.6. The first-order valence-electron chi connectivity index (χ1n) is 12.7. The quantitative estimate of drug-likeness (QED) is 0.436. The first-order chi connectivity index (χ1) is 15.9. The van der Waals surface area contributed by atoms with Gasteiger partial charge in [-0.15, -0.1) is 11.3 Å². The molecule has 0 radical (unpaired) electrons. The van der Waals surface area contributed by atoms with Crippen LogP contribution in [0.2, 0.25) is 0 Å². The molecule has 184 valence electrons. The first-order valence-corrected chi connectivity index (χ1v) is 14.4. The SMILES string of the molecule is CC(C)c1ncc2c(n1)CCN(C(O)c1sccc1Br)CC2.CCCN(CCC)C1CCC1. The van der Waals surface area contributed by atoms with Crippen LogP contribution in [-0.2, 0) is 12.8 Å². The fourth-order valence-corrected chi connectivity index (χ4v) is 6.08. The van der Waals surface area contributed by atoms with Gasteiger partial charge in [-0.05, 0) is 78.1 Å². The van der Waals surface area contributed by atoms with E-state index in [1.807, 2.05) is 17.6 Å². The van der Waals surface area contributed by atoms with Crippen LogP contribution >= 0.6 is 27.3 Å². The molecule has 1 aliphatic carbocycles. The lowest BCUT2D eigenvalue weighted by atomic mass is 9.91. The summed E-state index contributed by atoms with van der Waals surface area (Å²) < 4.78 is 0.980. The minimum absolute atomic E-state index is 0.345. The van der Waals surface area contributed by atoms with Gasteiger partial charge >= 0.3 is 0 Å². The zero-order valence-corrected chi connectivity index (χ0v) is 23.2. The van der Waals surface area contributed by atoms with Crippen molar-refractivity contribution in [2.45, 2.75) is 90.8 Å². The summed E-state index contributed by atoms with van der Waals surface area (Å²) in [4.78, 5) is 15.0. The second-order valence-corrected chi connectivity index (χ2v) is 11.3. The average molecular weight is 538 g/mol. The van der Waals surface area contributed by atoms with Crippen molar-refractivity contribution in [1.82, 2.24) is 19.8 Å². The lowest BCUT2D eigenvalue weighted by molar-refractivity contribution is 0.00690. The van der Waals surface area contributed by atoms with Gasteiger partial charge in [0.25, 0.3) is 0 Å². The fraction of sp³-hybridized carbons (Fsp3) is 0.692. The van der Waals surface area contributed by atoms with Crippen molar-refractivity contribution in [2.75, 3.05) is 26.2 Å². The first kappa shape index (κ1) is 26.7. The molecule has 0 bridgehead atoms. The van der Waals surface area contributed by atoms with Crippen molar-refractivity contribution in [3.05, 3.63) is 44.1 Å². The zero-order chi connectivity index (χ0) is 23.8. The van der Waals surface area contributed by atoms with E-state index in [0.29, 0.717) is 5.92 Å². The highest BCUT2D eigenvalue weighted by Gasteiger charge is 2.25. The molecule has 5 nitrogen and oxygen atoms in total. The van der Waals surface area contributed by atoms with Crippen LogP contribution in [0.15, 0.2) is 22.1 Å². The van der Waals surface area contributed by atoms with E-state index in [1.165, 1.54) is 50.8 Å². The van der Waals surface area contributed by atoms with Crippen LogP contribution in [0.5, 0.6) is 0 Å². The van der Waals surface area contributed by atoms with Crippen LogP contribution < -0.4 is 0 Å². The number of nitrogens with zero attached hydrogens (tertiary/aromatic N) is 4. The molecule has 0 amide bonds. The van der Waals surface area contributed by atoms with Gasteiger partial charge in [0.1, 0.15) is 12.1 Å². The molecular weight excluding hydrogens is 496 g/mol. The van der Waals surface area contributed by atoms with Crippen LogP contribution in [0.4, 0.5) is 0 Å². The van der Waals surface area contributed by atoms with Gasteiger partial charge in [-0.25, -0.2) is 9.97 Å². The minimum Gasteiger partial charge on any atom is -0.373 e. The summed E-state index contributed by atoms with van der Waals surface area (Å²) in [6, 6.07) is 2.94. The molecular formula is C26H41BrN4OS. The molecule has 2 aromatic heterocycles. The van der Waals surface area contributed by atoms with Crippen LogP contribution in [-0.4, -0.2) is 57.1 Å². The summed E-state index contributed by atoms with van der Waals surface area (Å²) in [6.45, 7) is 13.1. The van der Waals surface area contributed by atoms with Crippen LogP contribution in [0.25, 0.3) is 0 Å². The molecule has 7 heteroatoms. The normalized spacial score (nSPS) is 17.8. The molecule has 2 aliphatic rings. The highest BCUT2D eigenvalue weighted by Crippen LogP contribution is 2.32. The summed E-state index contributed by atoms with van der Waals surface area (Å²) in [6.07, 6.45) is 10.2. The van der Waals surface area contributed by atoms with Gasteiger partial charge in [-0.1, -0.05) is 34.1 Å². The van der Waals surface area contributed by atoms with Crippen LogP contribution in [0.1, 0.15) is 93.9 Å². The molecule has 33 heavy (non-hydrogen) atoms. The largest absolute Gasteiger partial charge is 0.373 e. The lowest BCUT2D eigenvalue weighted by Gasteiger charge is -2.37. The number of aliphatic hydroxyl groups is 1. The van der Waals surface area contributed by atoms with Crippen LogP contribution in [0, 0.1) is 0 Å². The molecule has 1 atom stereocenters. The Labute approximate surface area is 212 Å². The second kappa shape index (κ2) is 13.3. The van der Waals surface area contributed by atoms with Gasteiger partial charge in [0.15, 0.2) is 0 Å². The van der Waals surface area contributed by atoms with Gasteiger partial charge in [0.2, 0.25) is 0 Å². The summed E-state index contributed by atoms with van der Waals surface area (Å²) in [7, 11) is 0. The van der Waals surface area contributed by atoms with Gasteiger partial charge < -0.3 is 10.0 Å². The lowest BCUT2D eigenvalue weighted by Crippen LogP contribution is -2.40. The van der Waals surface area contributed by atoms with E-state index in [1.54, 1.807) is 11.3 Å². The average Bonchev–Trinajstić information content (AvgIpc) is 3.07. The summed E-state index contributed by atoms with van der Waals surface area (Å²) in [5.41, 5.74) is 2.35. The van der Waals surface area contributed by atoms with Gasteiger partial charge in [-0.2, -0.15) is 0 Å². The third-order valence-electron chi connectivity index (χ3n) is 6.63. The smallest absolute Gasteiger partial charge is 0.143 e. The van der Waals surface area contributed by atoms with Crippen molar-refractivity contribution in [1.29, 1.82) is 0 Å².